The minimum atomic E-state index is -5.01. The maximum absolute atomic E-state index is 13.6. The molecule has 1 unspecified atom stereocenters. The largest absolute Gasteiger partial charge is 0.475 e. The average molecular weight is 322 g/mol. The zero-order valence-electron chi connectivity index (χ0n) is 13.2. The van der Waals surface area contributed by atoms with Crippen LogP contribution in [0.1, 0.15) is 20.8 Å². The number of hydrogen-bond donors (Lipinski definition) is 1. The lowest BCUT2D eigenvalue weighted by molar-refractivity contribution is -0.188. The van der Waals surface area contributed by atoms with E-state index in [1.807, 2.05) is 0 Å². The average Bonchev–Trinajstić information content (AvgIpc) is 2.43. The maximum atomic E-state index is 13.6. The van der Waals surface area contributed by atoms with Crippen molar-refractivity contribution in [2.75, 3.05) is 6.61 Å². The van der Waals surface area contributed by atoms with Gasteiger partial charge < -0.3 is 14.6 Å². The predicted octanol–water partition coefficient (Wildman–Crippen LogP) is 2.59. The van der Waals surface area contributed by atoms with Gasteiger partial charge >= 0.3 is 12.1 Å². The highest BCUT2D eigenvalue weighted by molar-refractivity contribution is 5.96. The fourth-order valence-corrected chi connectivity index (χ4v) is 1.98. The van der Waals surface area contributed by atoms with Gasteiger partial charge in [-0.2, -0.15) is 13.2 Å². The molecule has 4 nitrogen and oxygen atoms in total. The molecule has 0 saturated carbocycles. The monoisotopic (exact) mass is 322 g/mol. The van der Waals surface area contributed by atoms with Crippen LogP contribution in [0.2, 0.25) is 0 Å². The van der Waals surface area contributed by atoms with E-state index < -0.39 is 47.5 Å². The van der Waals surface area contributed by atoms with Crippen molar-refractivity contribution >= 4 is 12.0 Å². The van der Waals surface area contributed by atoms with Crippen molar-refractivity contribution in [2.24, 2.45) is 0 Å². The number of rotatable bonds is 3. The molecule has 1 N–H and O–H groups in total. The molecule has 0 saturated heterocycles. The Kier molecular flexibility index (Phi) is 3.67. The third-order valence-electron chi connectivity index (χ3n) is 2.84. The summed E-state index contributed by atoms with van der Waals surface area (Å²) in [6, 6.07) is 1.28. The molecule has 1 aliphatic heterocycles. The van der Waals surface area contributed by atoms with Gasteiger partial charge in [-0.3, -0.25) is 0 Å². The fourth-order valence-electron chi connectivity index (χ4n) is 1.98. The number of ether oxygens (including phenoxy) is 2. The highest BCUT2D eigenvalue weighted by Gasteiger charge is 2.49. The lowest BCUT2D eigenvalue weighted by Crippen LogP contribution is -2.41. The first-order valence-corrected chi connectivity index (χ1v) is 6.13. The highest BCUT2D eigenvalue weighted by atomic mass is 19.4. The summed E-state index contributed by atoms with van der Waals surface area (Å²) in [6.07, 6.45) is -7.02. The molecule has 120 valence electrons. The summed E-state index contributed by atoms with van der Waals surface area (Å²) < 4.78 is 76.9. The van der Waals surface area contributed by atoms with Crippen LogP contribution in [0, 0.1) is 5.82 Å². The molecule has 0 amide bonds. The topological polar surface area (TPSA) is 55.8 Å². The van der Waals surface area contributed by atoms with Gasteiger partial charge in [-0.25, -0.2) is 9.18 Å². The Hall–Kier alpha value is -2.09. The number of fused-ring (bicyclic) bond motifs is 1. The van der Waals surface area contributed by atoms with Crippen molar-refractivity contribution in [3.05, 3.63) is 34.6 Å². The molecule has 0 bridgehead atoms. The van der Waals surface area contributed by atoms with Gasteiger partial charge in [0.2, 0.25) is 6.10 Å². The van der Waals surface area contributed by atoms with Gasteiger partial charge in [0.05, 0.1) is 21.5 Å². The van der Waals surface area contributed by atoms with Gasteiger partial charge in [-0.05, 0) is 25.1 Å². The van der Waals surface area contributed by atoms with Gasteiger partial charge in [0, 0.05) is 11.1 Å². The zero-order chi connectivity index (χ0) is 18.3. The molecule has 0 aromatic heterocycles. The standard InChI is InChI=1S/C14H12F4O4/c1-2-21-13(20)10-5-7-3-9(15)4-8(6-19)11(7)22-12(10)14(16,17)18/h3-5,12,19H,2,6H2,1H3/i6D2. The first kappa shape index (κ1) is 13.6. The number of esters is 1. The SMILES string of the molecule is [2H]C([2H])(O)c1cc(F)cc2c1OC(C(F)(F)F)C(C(=O)OCC)=C2. The minimum absolute atomic E-state index is 0.179. The summed E-state index contributed by atoms with van der Waals surface area (Å²) in [4.78, 5) is 11.7. The lowest BCUT2D eigenvalue weighted by atomic mass is 9.98. The Morgan fingerprint density at radius 3 is 2.73 bits per heavy atom. The van der Waals surface area contributed by atoms with E-state index in [1.165, 1.54) is 6.92 Å². The molecule has 1 aromatic rings. The number of benzene rings is 1. The first-order valence-electron chi connectivity index (χ1n) is 7.13. The van der Waals surface area contributed by atoms with Crippen molar-refractivity contribution in [2.45, 2.75) is 25.8 Å². The molecule has 2 rings (SSSR count). The molecule has 1 heterocycles. The van der Waals surface area contributed by atoms with Crippen LogP contribution in [0.3, 0.4) is 0 Å². The normalized spacial score (nSPS) is 19.4. The van der Waals surface area contributed by atoms with E-state index in [0.717, 1.165) is 6.07 Å². The van der Waals surface area contributed by atoms with Crippen molar-refractivity contribution in [1.82, 2.24) is 0 Å². The van der Waals surface area contributed by atoms with Gasteiger partial charge in [0.25, 0.3) is 0 Å². The van der Waals surface area contributed by atoms with Gasteiger partial charge in [0.1, 0.15) is 11.6 Å². The summed E-state index contributed by atoms with van der Waals surface area (Å²) in [6.45, 7) is -1.92. The summed E-state index contributed by atoms with van der Waals surface area (Å²) in [5, 5.41) is 9.41. The van der Waals surface area contributed by atoms with Crippen LogP contribution in [-0.2, 0) is 16.1 Å². The second kappa shape index (κ2) is 5.96. The van der Waals surface area contributed by atoms with Crippen LogP contribution in [0.15, 0.2) is 17.7 Å². The summed E-state index contributed by atoms with van der Waals surface area (Å²) in [5.41, 5.74) is -2.02. The number of carbonyl (C=O) groups excluding carboxylic acids is 1. The van der Waals surface area contributed by atoms with E-state index in [2.05, 4.69) is 4.74 Å². The first-order chi connectivity index (χ1) is 10.9. The molecular weight excluding hydrogens is 308 g/mol. The maximum Gasteiger partial charge on any atom is 0.430 e. The van der Waals surface area contributed by atoms with Crippen molar-refractivity contribution < 1.29 is 39.7 Å². The number of halogens is 4. The Labute approximate surface area is 125 Å². The van der Waals surface area contributed by atoms with E-state index >= 15 is 0 Å². The van der Waals surface area contributed by atoms with Gasteiger partial charge in [0.15, 0.2) is 0 Å². The Morgan fingerprint density at radius 2 is 2.18 bits per heavy atom. The van der Waals surface area contributed by atoms with Crippen LogP contribution in [-0.4, -0.2) is 30.0 Å². The number of aliphatic hydroxyl groups is 1. The fraction of sp³-hybridized carbons (Fsp3) is 0.357. The van der Waals surface area contributed by atoms with Crippen molar-refractivity contribution in [3.8, 4) is 5.75 Å². The molecule has 0 radical (unpaired) electrons. The van der Waals surface area contributed by atoms with E-state index in [1.54, 1.807) is 0 Å². The Bertz CT molecular complexity index is 695. The quantitative estimate of drug-likeness (QED) is 0.686. The summed E-state index contributed by atoms with van der Waals surface area (Å²) in [7, 11) is 0. The smallest absolute Gasteiger partial charge is 0.430 e. The molecular formula is C14H12F4O4. The van der Waals surface area contributed by atoms with Gasteiger partial charge in [-0.1, -0.05) is 0 Å². The van der Waals surface area contributed by atoms with Crippen molar-refractivity contribution in [1.29, 1.82) is 0 Å². The van der Waals surface area contributed by atoms with Crippen LogP contribution >= 0.6 is 0 Å². The molecule has 1 atom stereocenters. The Balaban J connectivity index is 2.66. The molecule has 1 aliphatic rings. The van der Waals surface area contributed by atoms with Crippen molar-refractivity contribution in [3.63, 3.8) is 0 Å². The lowest BCUT2D eigenvalue weighted by Gasteiger charge is -2.29. The third-order valence-corrected chi connectivity index (χ3v) is 2.84. The summed E-state index contributed by atoms with van der Waals surface area (Å²) >= 11 is 0. The van der Waals surface area contributed by atoms with Crippen LogP contribution in [0.5, 0.6) is 5.75 Å². The van der Waals surface area contributed by atoms with E-state index in [-0.39, 0.29) is 12.2 Å². The minimum Gasteiger partial charge on any atom is -0.475 e. The number of carbonyl (C=O) groups is 1. The van der Waals surface area contributed by atoms with E-state index in [9.17, 15) is 27.5 Å². The Morgan fingerprint density at radius 1 is 1.50 bits per heavy atom. The third kappa shape index (κ3) is 3.06. The molecule has 0 aliphatic carbocycles. The number of alkyl halides is 3. The van der Waals surface area contributed by atoms with Crippen LogP contribution in [0.4, 0.5) is 17.6 Å². The molecule has 8 heteroatoms. The molecule has 22 heavy (non-hydrogen) atoms. The predicted molar refractivity (Wildman–Crippen MR) is 67.4 cm³/mol. The van der Waals surface area contributed by atoms with E-state index in [0.29, 0.717) is 12.1 Å². The van der Waals surface area contributed by atoms with Crippen LogP contribution < -0.4 is 4.74 Å². The van der Waals surface area contributed by atoms with E-state index in [4.69, 9.17) is 7.48 Å². The molecule has 1 aromatic carbocycles. The van der Waals surface area contributed by atoms with Gasteiger partial charge in [-0.15, -0.1) is 0 Å². The molecule has 0 spiro atoms. The van der Waals surface area contributed by atoms with Crippen LogP contribution in [0.25, 0.3) is 6.08 Å². The second-order valence-corrected chi connectivity index (χ2v) is 4.34. The molecule has 0 fully saturated rings. The second-order valence-electron chi connectivity index (χ2n) is 4.34. The summed E-state index contributed by atoms with van der Waals surface area (Å²) in [5.74, 6) is -3.00. The number of hydrogen-bond acceptors (Lipinski definition) is 4. The highest BCUT2D eigenvalue weighted by Crippen LogP contribution is 2.39. The zero-order valence-corrected chi connectivity index (χ0v) is 11.2.